The molecule has 0 bridgehead atoms. The van der Waals surface area contributed by atoms with Gasteiger partial charge >= 0.3 is 0 Å². The molecule has 2 fully saturated rings. The molecule has 25 heavy (non-hydrogen) atoms. The molecule has 5 heteroatoms. The van der Waals surface area contributed by atoms with Crippen LogP contribution < -0.4 is 4.74 Å². The third kappa shape index (κ3) is 5.16. The van der Waals surface area contributed by atoms with Crippen LogP contribution in [0.25, 0.3) is 0 Å². The molecule has 1 N–H and O–H groups in total. The summed E-state index contributed by atoms with van der Waals surface area (Å²) in [6.45, 7) is 7.01. The van der Waals surface area contributed by atoms with Crippen molar-refractivity contribution in [2.45, 2.75) is 51.2 Å². The monoisotopic (exact) mass is 351 g/mol. The second-order valence-corrected chi connectivity index (χ2v) is 8.39. The van der Waals surface area contributed by atoms with Crippen molar-refractivity contribution in [1.29, 1.82) is 0 Å². The standard InChI is InChI=1S/C20H30FNO3/c1-19(2)8-6-17(7-9-19)22-10-11-24-14-20(23,13-22)15-25-18-5-3-4-16(21)12-18/h3-5,12,17,23H,6-11,13-15H2,1-2H3/t20-/m1/s1. The van der Waals surface area contributed by atoms with Gasteiger partial charge in [-0.25, -0.2) is 4.39 Å². The molecule has 1 saturated heterocycles. The number of hydrogen-bond donors (Lipinski definition) is 1. The van der Waals surface area contributed by atoms with Crippen molar-refractivity contribution in [3.63, 3.8) is 0 Å². The topological polar surface area (TPSA) is 41.9 Å². The average molecular weight is 351 g/mol. The summed E-state index contributed by atoms with van der Waals surface area (Å²) < 4.78 is 24.6. The third-order valence-electron chi connectivity index (χ3n) is 5.52. The third-order valence-corrected chi connectivity index (χ3v) is 5.52. The van der Waals surface area contributed by atoms with Gasteiger partial charge in [-0.05, 0) is 43.2 Å². The predicted octanol–water partition coefficient (Wildman–Crippen LogP) is 3.24. The largest absolute Gasteiger partial charge is 0.490 e. The lowest BCUT2D eigenvalue weighted by Crippen LogP contribution is -2.52. The van der Waals surface area contributed by atoms with Crippen LogP contribution in [0.1, 0.15) is 39.5 Å². The number of nitrogens with zero attached hydrogens (tertiary/aromatic N) is 1. The summed E-state index contributed by atoms with van der Waals surface area (Å²) in [4.78, 5) is 2.36. The first-order valence-corrected chi connectivity index (χ1v) is 9.28. The van der Waals surface area contributed by atoms with E-state index < -0.39 is 5.60 Å². The van der Waals surface area contributed by atoms with Crippen LogP contribution in [-0.2, 0) is 4.74 Å². The van der Waals surface area contributed by atoms with Crippen LogP contribution in [0.4, 0.5) is 4.39 Å². The number of hydrogen-bond acceptors (Lipinski definition) is 4. The minimum Gasteiger partial charge on any atom is -0.490 e. The van der Waals surface area contributed by atoms with E-state index in [1.807, 2.05) is 0 Å². The average Bonchev–Trinajstić information content (AvgIpc) is 2.76. The van der Waals surface area contributed by atoms with Crippen molar-refractivity contribution in [3.05, 3.63) is 30.1 Å². The minimum absolute atomic E-state index is 0.102. The zero-order valence-corrected chi connectivity index (χ0v) is 15.3. The molecule has 0 aromatic heterocycles. The Morgan fingerprint density at radius 1 is 1.32 bits per heavy atom. The summed E-state index contributed by atoms with van der Waals surface area (Å²) in [6.07, 6.45) is 4.75. The Morgan fingerprint density at radius 2 is 2.08 bits per heavy atom. The number of halogens is 1. The molecule has 2 aliphatic rings. The summed E-state index contributed by atoms with van der Waals surface area (Å²) in [5, 5.41) is 11.0. The second-order valence-electron chi connectivity index (χ2n) is 8.39. The van der Waals surface area contributed by atoms with E-state index >= 15 is 0 Å². The molecule has 4 nitrogen and oxygen atoms in total. The quantitative estimate of drug-likeness (QED) is 0.904. The smallest absolute Gasteiger partial charge is 0.134 e. The van der Waals surface area contributed by atoms with Crippen LogP contribution in [0.5, 0.6) is 5.75 Å². The zero-order valence-electron chi connectivity index (χ0n) is 15.3. The van der Waals surface area contributed by atoms with Gasteiger partial charge in [-0.1, -0.05) is 19.9 Å². The van der Waals surface area contributed by atoms with E-state index in [-0.39, 0.29) is 19.0 Å². The maximum atomic E-state index is 13.3. The van der Waals surface area contributed by atoms with E-state index in [2.05, 4.69) is 18.7 Å². The molecule has 1 heterocycles. The Kier molecular flexibility index (Phi) is 5.66. The number of benzene rings is 1. The Bertz CT molecular complexity index is 570. The minimum atomic E-state index is -1.07. The summed E-state index contributed by atoms with van der Waals surface area (Å²) in [5.41, 5.74) is -0.647. The van der Waals surface area contributed by atoms with Gasteiger partial charge in [0.1, 0.15) is 23.8 Å². The highest BCUT2D eigenvalue weighted by atomic mass is 19.1. The lowest BCUT2D eigenvalue weighted by atomic mass is 9.75. The number of rotatable bonds is 4. The van der Waals surface area contributed by atoms with E-state index in [1.165, 1.54) is 25.0 Å². The fourth-order valence-electron chi connectivity index (χ4n) is 3.87. The van der Waals surface area contributed by atoms with E-state index in [0.29, 0.717) is 30.4 Å². The van der Waals surface area contributed by atoms with Crippen molar-refractivity contribution in [3.8, 4) is 5.75 Å². The van der Waals surface area contributed by atoms with Crippen molar-refractivity contribution >= 4 is 0 Å². The zero-order chi connectivity index (χ0) is 17.9. The molecule has 1 atom stereocenters. The fourth-order valence-corrected chi connectivity index (χ4v) is 3.87. The molecule has 1 aliphatic carbocycles. The van der Waals surface area contributed by atoms with Crippen molar-refractivity contribution in [1.82, 2.24) is 4.90 Å². The summed E-state index contributed by atoms with van der Waals surface area (Å²) in [6, 6.07) is 6.51. The second kappa shape index (κ2) is 7.60. The highest BCUT2D eigenvalue weighted by Crippen LogP contribution is 2.37. The lowest BCUT2D eigenvalue weighted by molar-refractivity contribution is -0.0692. The molecule has 1 aromatic rings. The predicted molar refractivity (Wildman–Crippen MR) is 95.3 cm³/mol. The van der Waals surface area contributed by atoms with E-state index in [1.54, 1.807) is 12.1 Å². The van der Waals surface area contributed by atoms with E-state index in [4.69, 9.17) is 9.47 Å². The van der Waals surface area contributed by atoms with Gasteiger partial charge in [0.05, 0.1) is 13.2 Å². The maximum absolute atomic E-state index is 13.3. The van der Waals surface area contributed by atoms with Gasteiger partial charge in [0.2, 0.25) is 0 Å². The van der Waals surface area contributed by atoms with Crippen LogP contribution in [0.15, 0.2) is 24.3 Å². The first-order chi connectivity index (χ1) is 11.9. The maximum Gasteiger partial charge on any atom is 0.134 e. The molecule has 1 saturated carbocycles. The lowest BCUT2D eigenvalue weighted by Gasteiger charge is -2.41. The molecule has 0 radical (unpaired) electrons. The van der Waals surface area contributed by atoms with Crippen LogP contribution in [0, 0.1) is 11.2 Å². The van der Waals surface area contributed by atoms with Gasteiger partial charge in [0.25, 0.3) is 0 Å². The normalized spacial score (nSPS) is 28.5. The van der Waals surface area contributed by atoms with Crippen molar-refractivity contribution in [2.24, 2.45) is 5.41 Å². The first-order valence-electron chi connectivity index (χ1n) is 9.28. The highest BCUT2D eigenvalue weighted by Gasteiger charge is 2.38. The summed E-state index contributed by atoms with van der Waals surface area (Å²) in [7, 11) is 0. The van der Waals surface area contributed by atoms with Crippen LogP contribution in [0.2, 0.25) is 0 Å². The number of aliphatic hydroxyl groups is 1. The van der Waals surface area contributed by atoms with Gasteiger partial charge in [-0.15, -0.1) is 0 Å². The SMILES string of the molecule is CC1(C)CCC(N2CCOC[C@@](O)(COc3cccc(F)c3)C2)CC1. The molecule has 140 valence electrons. The molecule has 1 aliphatic heterocycles. The van der Waals surface area contributed by atoms with Gasteiger partial charge < -0.3 is 14.6 Å². The van der Waals surface area contributed by atoms with Crippen molar-refractivity contribution < 1.29 is 19.0 Å². The summed E-state index contributed by atoms with van der Waals surface area (Å²) >= 11 is 0. The van der Waals surface area contributed by atoms with Crippen LogP contribution in [-0.4, -0.2) is 54.6 Å². The number of β-amino-alcohol motifs (C(OH)–C–C–N with tert-alkyl or cyclic N) is 1. The fraction of sp³-hybridized carbons (Fsp3) is 0.700. The summed E-state index contributed by atoms with van der Waals surface area (Å²) in [5.74, 6) is 0.0942. The Labute approximate surface area is 149 Å². The van der Waals surface area contributed by atoms with Crippen LogP contribution in [0.3, 0.4) is 0 Å². The molecular weight excluding hydrogens is 321 g/mol. The van der Waals surface area contributed by atoms with Gasteiger partial charge in [-0.2, -0.15) is 0 Å². The molecular formula is C20H30FNO3. The molecule has 0 amide bonds. The van der Waals surface area contributed by atoms with Crippen molar-refractivity contribution in [2.75, 3.05) is 32.9 Å². The first kappa shape index (κ1) is 18.6. The van der Waals surface area contributed by atoms with Gasteiger partial charge in [0, 0.05) is 25.2 Å². The Balaban J connectivity index is 1.60. The highest BCUT2D eigenvalue weighted by molar-refractivity contribution is 5.22. The Hall–Kier alpha value is -1.17. The molecule has 0 spiro atoms. The molecule has 0 unspecified atom stereocenters. The Morgan fingerprint density at radius 3 is 2.80 bits per heavy atom. The molecule has 1 aromatic carbocycles. The number of ether oxygens (including phenoxy) is 2. The molecule has 3 rings (SSSR count). The van der Waals surface area contributed by atoms with Gasteiger partial charge in [0.15, 0.2) is 0 Å². The van der Waals surface area contributed by atoms with Crippen LogP contribution >= 0.6 is 0 Å². The van der Waals surface area contributed by atoms with E-state index in [0.717, 1.165) is 19.4 Å². The van der Waals surface area contributed by atoms with Gasteiger partial charge in [-0.3, -0.25) is 4.90 Å². The van der Waals surface area contributed by atoms with E-state index in [9.17, 15) is 9.50 Å².